The minimum Gasteiger partial charge on any atom is -0.214 e. The summed E-state index contributed by atoms with van der Waals surface area (Å²) in [6, 6.07) is 8.71. The van der Waals surface area contributed by atoms with E-state index in [4.69, 9.17) is 5.26 Å². The molecule has 0 aliphatic heterocycles. The van der Waals surface area contributed by atoms with Gasteiger partial charge in [-0.1, -0.05) is 18.2 Å². The van der Waals surface area contributed by atoms with Crippen molar-refractivity contribution < 1.29 is 8.42 Å². The Morgan fingerprint density at radius 3 is 2.76 bits per heavy atom. The normalized spacial score (nSPS) is 11.1. The summed E-state index contributed by atoms with van der Waals surface area (Å²) in [7, 11) is -3.35. The molecule has 0 aromatic heterocycles. The fraction of sp³-hybridized carbons (Fsp3) is 0.364. The molecule has 0 fully saturated rings. The maximum atomic E-state index is 11.7. The van der Waals surface area contributed by atoms with Gasteiger partial charge in [0.2, 0.25) is 10.0 Å². The quantitative estimate of drug-likeness (QED) is 0.792. The van der Waals surface area contributed by atoms with Crippen LogP contribution in [-0.4, -0.2) is 27.0 Å². The molecule has 1 aromatic rings. The lowest BCUT2D eigenvalue weighted by molar-refractivity contribution is 0.583. The van der Waals surface area contributed by atoms with Gasteiger partial charge in [0.05, 0.1) is 17.4 Å². The Hall–Kier alpha value is -1.03. The van der Waals surface area contributed by atoms with Crippen LogP contribution in [0.15, 0.2) is 24.3 Å². The molecule has 0 aliphatic rings. The van der Waals surface area contributed by atoms with E-state index in [1.54, 1.807) is 36.0 Å². The van der Waals surface area contributed by atoms with Crippen LogP contribution >= 0.6 is 11.8 Å². The summed E-state index contributed by atoms with van der Waals surface area (Å²) >= 11 is 1.58. The van der Waals surface area contributed by atoms with Gasteiger partial charge < -0.3 is 0 Å². The molecule has 1 rings (SSSR count). The third-order valence-electron chi connectivity index (χ3n) is 2.11. The molecule has 4 nitrogen and oxygen atoms in total. The van der Waals surface area contributed by atoms with E-state index in [0.717, 1.165) is 5.75 Å². The third-order valence-corrected chi connectivity index (χ3v) is 4.06. The predicted molar refractivity (Wildman–Crippen MR) is 70.2 cm³/mol. The van der Waals surface area contributed by atoms with E-state index >= 15 is 0 Å². The van der Waals surface area contributed by atoms with Crippen LogP contribution in [0.3, 0.4) is 0 Å². The van der Waals surface area contributed by atoms with E-state index in [0.29, 0.717) is 17.7 Å². The van der Waals surface area contributed by atoms with E-state index in [1.807, 2.05) is 12.3 Å². The standard InChI is InChI=1S/C11H14N2O2S2/c1-16-7-6-13-17(14,15)9-11-5-3-2-4-10(11)8-12/h2-5,13H,6-7,9H2,1H3. The van der Waals surface area contributed by atoms with Gasteiger partial charge in [-0.15, -0.1) is 0 Å². The van der Waals surface area contributed by atoms with Gasteiger partial charge in [-0.25, -0.2) is 13.1 Å². The van der Waals surface area contributed by atoms with Crippen LogP contribution in [0.25, 0.3) is 0 Å². The van der Waals surface area contributed by atoms with E-state index in [1.165, 1.54) is 0 Å². The highest BCUT2D eigenvalue weighted by molar-refractivity contribution is 7.98. The molecule has 0 saturated carbocycles. The molecule has 0 bridgehead atoms. The molecule has 0 heterocycles. The summed E-state index contributed by atoms with van der Waals surface area (Å²) in [5.41, 5.74) is 0.939. The van der Waals surface area contributed by atoms with E-state index < -0.39 is 10.0 Å². The molecule has 0 atom stereocenters. The van der Waals surface area contributed by atoms with Crippen LogP contribution in [0.2, 0.25) is 0 Å². The van der Waals surface area contributed by atoms with E-state index in [9.17, 15) is 8.42 Å². The number of sulfonamides is 1. The fourth-order valence-corrected chi connectivity index (χ4v) is 2.92. The Morgan fingerprint density at radius 1 is 1.41 bits per heavy atom. The highest BCUT2D eigenvalue weighted by Gasteiger charge is 2.13. The van der Waals surface area contributed by atoms with Gasteiger partial charge in [0.1, 0.15) is 0 Å². The van der Waals surface area contributed by atoms with E-state index in [-0.39, 0.29) is 5.75 Å². The van der Waals surface area contributed by atoms with Crippen molar-refractivity contribution in [3.8, 4) is 6.07 Å². The Bertz CT molecular complexity index is 506. The molecule has 1 N–H and O–H groups in total. The topological polar surface area (TPSA) is 70.0 Å². The Kier molecular flexibility index (Phi) is 5.48. The molecular formula is C11H14N2O2S2. The second kappa shape index (κ2) is 6.64. The summed E-state index contributed by atoms with van der Waals surface area (Å²) in [6.07, 6.45) is 1.92. The van der Waals surface area contributed by atoms with Crippen molar-refractivity contribution in [3.05, 3.63) is 35.4 Å². The van der Waals surface area contributed by atoms with Gasteiger partial charge >= 0.3 is 0 Å². The lowest BCUT2D eigenvalue weighted by atomic mass is 10.1. The van der Waals surface area contributed by atoms with Crippen LogP contribution in [-0.2, 0) is 15.8 Å². The van der Waals surface area contributed by atoms with Crippen LogP contribution < -0.4 is 4.72 Å². The smallest absolute Gasteiger partial charge is 0.214 e. The van der Waals surface area contributed by atoms with Crippen LogP contribution in [0.4, 0.5) is 0 Å². The predicted octanol–water partition coefficient (Wildman–Crippen LogP) is 1.34. The second-order valence-corrected chi connectivity index (χ2v) is 6.21. The number of nitriles is 1. The maximum absolute atomic E-state index is 11.7. The first-order chi connectivity index (χ1) is 8.09. The summed E-state index contributed by atoms with van der Waals surface area (Å²) < 4.78 is 25.9. The average Bonchev–Trinajstić information content (AvgIpc) is 2.29. The van der Waals surface area contributed by atoms with Crippen molar-refractivity contribution in [1.29, 1.82) is 5.26 Å². The van der Waals surface area contributed by atoms with Crippen molar-refractivity contribution in [2.24, 2.45) is 0 Å². The zero-order valence-corrected chi connectivity index (χ0v) is 11.1. The highest BCUT2D eigenvalue weighted by atomic mass is 32.2. The largest absolute Gasteiger partial charge is 0.215 e. The van der Waals surface area contributed by atoms with Crippen molar-refractivity contribution in [3.63, 3.8) is 0 Å². The molecular weight excluding hydrogens is 256 g/mol. The number of thioether (sulfide) groups is 1. The monoisotopic (exact) mass is 270 g/mol. The second-order valence-electron chi connectivity index (χ2n) is 3.42. The number of benzene rings is 1. The molecule has 0 aliphatic carbocycles. The van der Waals surface area contributed by atoms with Gasteiger partial charge in [-0.05, 0) is 17.9 Å². The zero-order valence-electron chi connectivity index (χ0n) is 9.51. The summed E-state index contributed by atoms with van der Waals surface area (Å²) in [4.78, 5) is 0. The van der Waals surface area contributed by atoms with Gasteiger partial charge in [0.25, 0.3) is 0 Å². The fourth-order valence-electron chi connectivity index (χ4n) is 1.31. The molecule has 17 heavy (non-hydrogen) atoms. The number of nitrogens with one attached hydrogen (secondary N) is 1. The average molecular weight is 270 g/mol. The molecule has 92 valence electrons. The molecule has 1 aromatic carbocycles. The molecule has 0 saturated heterocycles. The van der Waals surface area contributed by atoms with Crippen molar-refractivity contribution in [2.75, 3.05) is 18.6 Å². The SMILES string of the molecule is CSCCNS(=O)(=O)Cc1ccccc1C#N. The number of nitrogens with zero attached hydrogens (tertiary/aromatic N) is 1. The zero-order chi connectivity index (χ0) is 12.7. The third kappa shape index (κ3) is 4.77. The van der Waals surface area contributed by atoms with Gasteiger partial charge in [0, 0.05) is 12.3 Å². The van der Waals surface area contributed by atoms with Crippen molar-refractivity contribution in [1.82, 2.24) is 4.72 Å². The number of hydrogen-bond acceptors (Lipinski definition) is 4. The highest BCUT2D eigenvalue weighted by Crippen LogP contribution is 2.10. The van der Waals surface area contributed by atoms with E-state index in [2.05, 4.69) is 4.72 Å². The first-order valence-corrected chi connectivity index (χ1v) is 8.08. The Morgan fingerprint density at radius 2 is 2.12 bits per heavy atom. The van der Waals surface area contributed by atoms with Crippen LogP contribution in [0, 0.1) is 11.3 Å². The Labute approximate surface area is 106 Å². The lowest BCUT2D eigenvalue weighted by Gasteiger charge is -2.07. The van der Waals surface area contributed by atoms with Crippen LogP contribution in [0.1, 0.15) is 11.1 Å². The van der Waals surface area contributed by atoms with Crippen molar-refractivity contribution in [2.45, 2.75) is 5.75 Å². The summed E-state index contributed by atoms with van der Waals surface area (Å²) in [6.45, 7) is 0.415. The molecule has 0 unspecified atom stereocenters. The van der Waals surface area contributed by atoms with Crippen molar-refractivity contribution >= 4 is 21.8 Å². The van der Waals surface area contributed by atoms with Gasteiger partial charge in [-0.2, -0.15) is 17.0 Å². The maximum Gasteiger partial charge on any atom is 0.215 e. The molecule has 0 spiro atoms. The molecule has 0 radical (unpaired) electrons. The minimum atomic E-state index is -3.35. The van der Waals surface area contributed by atoms with Gasteiger partial charge in [-0.3, -0.25) is 0 Å². The number of rotatable bonds is 6. The minimum absolute atomic E-state index is 0.148. The van der Waals surface area contributed by atoms with Gasteiger partial charge in [0.15, 0.2) is 0 Å². The molecule has 0 amide bonds. The summed E-state index contributed by atoms with van der Waals surface area (Å²) in [5.74, 6) is 0.588. The first-order valence-electron chi connectivity index (χ1n) is 5.03. The van der Waals surface area contributed by atoms with Crippen LogP contribution in [0.5, 0.6) is 0 Å². The summed E-state index contributed by atoms with van der Waals surface area (Å²) in [5, 5.41) is 8.86. The molecule has 6 heteroatoms. The first kappa shape index (κ1) is 14.0. The number of hydrogen-bond donors (Lipinski definition) is 1. The Balaban J connectivity index is 2.73. The lowest BCUT2D eigenvalue weighted by Crippen LogP contribution is -2.27.